The van der Waals surface area contributed by atoms with Gasteiger partial charge in [0.05, 0.1) is 0 Å². The van der Waals surface area contributed by atoms with Crippen LogP contribution in [0.25, 0.3) is 0 Å². The summed E-state index contributed by atoms with van der Waals surface area (Å²) in [6.07, 6.45) is 18.7. The van der Waals surface area contributed by atoms with Gasteiger partial charge in [0, 0.05) is 0 Å². The Kier molecular flexibility index (Phi) is 10.0. The number of hydrogen-bond acceptors (Lipinski definition) is 1. The highest BCUT2D eigenvalue weighted by molar-refractivity contribution is 5.26. The molecule has 0 unspecified atom stereocenters. The zero-order chi connectivity index (χ0) is 22.8. The predicted octanol–water partition coefficient (Wildman–Crippen LogP) is 9.21. The van der Waals surface area contributed by atoms with Crippen molar-refractivity contribution in [1.29, 1.82) is 5.26 Å². The van der Waals surface area contributed by atoms with E-state index in [9.17, 15) is 4.39 Å². The summed E-state index contributed by atoms with van der Waals surface area (Å²) >= 11 is 0. The van der Waals surface area contributed by atoms with Crippen molar-refractivity contribution in [1.82, 2.24) is 0 Å². The van der Waals surface area contributed by atoms with Gasteiger partial charge in [0.1, 0.15) is 6.07 Å². The number of nitriles is 1. The molecule has 1 aromatic rings. The van der Waals surface area contributed by atoms with Gasteiger partial charge in [-0.25, -0.2) is 0 Å². The van der Waals surface area contributed by atoms with Gasteiger partial charge in [-0.3, -0.25) is 0 Å². The van der Waals surface area contributed by atoms with Crippen LogP contribution in [0.15, 0.2) is 48.3 Å². The van der Waals surface area contributed by atoms with Crippen molar-refractivity contribution in [2.24, 2.45) is 17.8 Å². The van der Waals surface area contributed by atoms with Crippen LogP contribution in [0, 0.1) is 29.1 Å². The Morgan fingerprint density at radius 1 is 0.938 bits per heavy atom. The van der Waals surface area contributed by atoms with Crippen LogP contribution in [0.4, 0.5) is 4.39 Å². The minimum Gasteiger partial charge on any atom is -0.195 e. The van der Waals surface area contributed by atoms with Crippen molar-refractivity contribution in [3.8, 4) is 6.07 Å². The molecule has 2 aliphatic rings. The van der Waals surface area contributed by atoms with Crippen LogP contribution in [0.3, 0.4) is 0 Å². The first kappa shape index (κ1) is 24.8. The van der Waals surface area contributed by atoms with E-state index in [0.717, 1.165) is 25.7 Å². The lowest BCUT2D eigenvalue weighted by Gasteiger charge is -2.35. The number of unbranched alkanes of at least 4 members (excludes halogenated alkanes) is 4. The molecule has 2 aliphatic carbocycles. The molecule has 0 aromatic heterocycles. The molecule has 0 atom stereocenters. The molecule has 3 rings (SSSR count). The summed E-state index contributed by atoms with van der Waals surface area (Å²) in [6.45, 7) is 6.79. The summed E-state index contributed by atoms with van der Waals surface area (Å²) in [5, 5.41) is 8.65. The number of halogens is 1. The molecule has 0 N–H and O–H groups in total. The van der Waals surface area contributed by atoms with Crippen LogP contribution < -0.4 is 0 Å². The van der Waals surface area contributed by atoms with E-state index in [2.05, 4.69) is 37.8 Å². The van der Waals surface area contributed by atoms with Gasteiger partial charge >= 0.3 is 0 Å². The second-order valence-electron chi connectivity index (χ2n) is 10.3. The molecule has 0 radical (unpaired) electrons. The molecule has 32 heavy (non-hydrogen) atoms. The summed E-state index contributed by atoms with van der Waals surface area (Å²) in [5.74, 6) is 1.55. The summed E-state index contributed by atoms with van der Waals surface area (Å²) in [4.78, 5) is 0. The van der Waals surface area contributed by atoms with E-state index in [4.69, 9.17) is 5.26 Å². The highest BCUT2D eigenvalue weighted by Crippen LogP contribution is 2.43. The quantitative estimate of drug-likeness (QED) is 0.204. The second-order valence-corrected chi connectivity index (χ2v) is 10.3. The van der Waals surface area contributed by atoms with Crippen molar-refractivity contribution in [2.45, 2.75) is 103 Å². The van der Waals surface area contributed by atoms with E-state index in [1.54, 1.807) is 6.07 Å². The average Bonchev–Trinajstić information content (AvgIpc) is 2.84. The summed E-state index contributed by atoms with van der Waals surface area (Å²) in [7, 11) is 0. The normalized spacial score (nSPS) is 26.5. The summed E-state index contributed by atoms with van der Waals surface area (Å²) < 4.78 is 13.2. The fraction of sp³-hybridized carbons (Fsp3) is 0.633. The minimum absolute atomic E-state index is 0.230. The molecule has 2 saturated carbocycles. The van der Waals surface area contributed by atoms with Gasteiger partial charge in [-0.15, -0.1) is 0 Å². The van der Waals surface area contributed by atoms with E-state index in [1.807, 2.05) is 0 Å². The predicted molar refractivity (Wildman–Crippen MR) is 133 cm³/mol. The Bertz CT molecular complexity index is 768. The van der Waals surface area contributed by atoms with Crippen LogP contribution in [-0.4, -0.2) is 0 Å². The average molecular weight is 436 g/mol. The zero-order valence-corrected chi connectivity index (χ0v) is 20.1. The number of benzene rings is 1. The lowest BCUT2D eigenvalue weighted by molar-refractivity contribution is 0.289. The monoisotopic (exact) mass is 435 g/mol. The maximum atomic E-state index is 13.2. The van der Waals surface area contributed by atoms with Crippen LogP contribution in [0.1, 0.15) is 107 Å². The number of rotatable bonds is 10. The smallest absolute Gasteiger partial charge is 0.195 e. The van der Waals surface area contributed by atoms with E-state index >= 15 is 0 Å². The molecule has 174 valence electrons. The minimum atomic E-state index is -0.620. The van der Waals surface area contributed by atoms with Gasteiger partial charge in [-0.1, -0.05) is 69.0 Å². The van der Waals surface area contributed by atoms with Crippen LogP contribution in [0.5, 0.6) is 0 Å². The first-order chi connectivity index (χ1) is 15.6. The van der Waals surface area contributed by atoms with Gasteiger partial charge in [0.2, 0.25) is 0 Å². The molecule has 1 nitrogen and oxygen atoms in total. The maximum absolute atomic E-state index is 13.2. The van der Waals surface area contributed by atoms with Gasteiger partial charge in [0.15, 0.2) is 5.83 Å². The van der Waals surface area contributed by atoms with Crippen LogP contribution >= 0.6 is 0 Å². The van der Waals surface area contributed by atoms with E-state index in [0.29, 0.717) is 17.8 Å². The van der Waals surface area contributed by atoms with Crippen molar-refractivity contribution < 1.29 is 4.39 Å². The molecule has 2 fully saturated rings. The Hall–Kier alpha value is -1.88. The van der Waals surface area contributed by atoms with E-state index in [-0.39, 0.29) is 5.92 Å². The fourth-order valence-electron chi connectivity index (χ4n) is 5.92. The largest absolute Gasteiger partial charge is 0.196 e. The third-order valence-electron chi connectivity index (χ3n) is 8.06. The molecular formula is C30H42FN. The van der Waals surface area contributed by atoms with E-state index in [1.165, 1.54) is 87.0 Å². The second kappa shape index (κ2) is 13.0. The standard InChI is InChI=1S/C30H42FN/c1-3-4-5-6-7-8-24-9-15-28(16-10-24)29-19-17-27(18-20-29)23(2)26-13-11-25(12-14-26)21-30(31)22-32/h9-10,15-16,21,25-27,29H,2-8,11-14,17-20H2,1H3. The Morgan fingerprint density at radius 3 is 2.12 bits per heavy atom. The molecule has 0 aliphatic heterocycles. The van der Waals surface area contributed by atoms with Crippen molar-refractivity contribution in [3.63, 3.8) is 0 Å². The lowest BCUT2D eigenvalue weighted by Crippen LogP contribution is -2.22. The fourth-order valence-corrected chi connectivity index (χ4v) is 5.92. The number of allylic oxidation sites excluding steroid dienone is 3. The van der Waals surface area contributed by atoms with Crippen LogP contribution in [0.2, 0.25) is 0 Å². The molecule has 0 spiro atoms. The Labute approximate surface area is 195 Å². The third-order valence-corrected chi connectivity index (χ3v) is 8.06. The molecule has 0 bridgehead atoms. The van der Waals surface area contributed by atoms with Gasteiger partial charge < -0.3 is 0 Å². The highest BCUT2D eigenvalue weighted by atomic mass is 19.1. The Morgan fingerprint density at radius 2 is 1.53 bits per heavy atom. The number of nitrogens with zero attached hydrogens (tertiary/aromatic N) is 1. The molecule has 0 amide bonds. The van der Waals surface area contributed by atoms with Gasteiger partial charge in [0.25, 0.3) is 0 Å². The highest BCUT2D eigenvalue weighted by Gasteiger charge is 2.29. The molecule has 1 aromatic carbocycles. The molecular weight excluding hydrogens is 393 g/mol. The lowest BCUT2D eigenvalue weighted by atomic mass is 9.70. The van der Waals surface area contributed by atoms with Gasteiger partial charge in [-0.2, -0.15) is 9.65 Å². The van der Waals surface area contributed by atoms with Gasteiger partial charge in [-0.05, 0) is 105 Å². The number of hydrogen-bond donors (Lipinski definition) is 0. The topological polar surface area (TPSA) is 23.8 Å². The van der Waals surface area contributed by atoms with Crippen molar-refractivity contribution in [3.05, 3.63) is 59.4 Å². The zero-order valence-electron chi connectivity index (χ0n) is 20.1. The summed E-state index contributed by atoms with van der Waals surface area (Å²) in [5.41, 5.74) is 4.47. The van der Waals surface area contributed by atoms with Crippen LogP contribution in [-0.2, 0) is 6.42 Å². The molecule has 0 heterocycles. The Balaban J connectivity index is 1.40. The molecule has 0 saturated heterocycles. The molecule has 2 heteroatoms. The van der Waals surface area contributed by atoms with E-state index < -0.39 is 5.83 Å². The SMILES string of the molecule is C=C(C1CCC(C=C(F)C#N)CC1)C1CCC(c2ccc(CCCCCCC)cc2)CC1. The van der Waals surface area contributed by atoms with Crippen molar-refractivity contribution >= 4 is 0 Å². The summed E-state index contributed by atoms with van der Waals surface area (Å²) in [6, 6.07) is 11.1. The maximum Gasteiger partial charge on any atom is 0.196 e. The third kappa shape index (κ3) is 7.33. The number of aryl methyl sites for hydroxylation is 1. The first-order valence-electron chi connectivity index (χ1n) is 13.2. The van der Waals surface area contributed by atoms with Crippen molar-refractivity contribution in [2.75, 3.05) is 0 Å². The first-order valence-corrected chi connectivity index (χ1v) is 13.2.